The van der Waals surface area contributed by atoms with E-state index in [-0.39, 0.29) is 18.2 Å². The fourth-order valence-electron chi connectivity index (χ4n) is 2.24. The number of hydrogen-bond donors (Lipinski definition) is 0. The topological polar surface area (TPSA) is 59.5 Å². The van der Waals surface area contributed by atoms with Crippen LogP contribution in [0.15, 0.2) is 35.8 Å². The molecule has 0 bridgehead atoms. The van der Waals surface area contributed by atoms with Crippen molar-refractivity contribution in [1.82, 2.24) is 9.88 Å². The van der Waals surface area contributed by atoms with Crippen LogP contribution in [0, 0.1) is 0 Å². The molecule has 0 aliphatic carbocycles. The van der Waals surface area contributed by atoms with E-state index < -0.39 is 5.97 Å². The van der Waals surface area contributed by atoms with Gasteiger partial charge in [0, 0.05) is 24.2 Å². The van der Waals surface area contributed by atoms with Gasteiger partial charge >= 0.3 is 5.97 Å². The third kappa shape index (κ3) is 3.11. The molecule has 3 rings (SSSR count). The van der Waals surface area contributed by atoms with Crippen molar-refractivity contribution in [2.45, 2.75) is 13.0 Å². The summed E-state index contributed by atoms with van der Waals surface area (Å²) >= 11 is 1.72. The molecule has 0 radical (unpaired) electrons. The third-order valence-electron chi connectivity index (χ3n) is 3.36. The van der Waals surface area contributed by atoms with Gasteiger partial charge in [0.05, 0.1) is 0 Å². The van der Waals surface area contributed by atoms with Gasteiger partial charge in [-0.1, -0.05) is 6.07 Å². The Labute approximate surface area is 126 Å². The van der Waals surface area contributed by atoms with E-state index >= 15 is 0 Å². The lowest BCUT2D eigenvalue weighted by Gasteiger charge is -2.26. The normalized spacial score (nSPS) is 13.6. The molecule has 1 amide bonds. The predicted octanol–water partition coefficient (Wildman–Crippen LogP) is 1.88. The van der Waals surface area contributed by atoms with E-state index in [1.54, 1.807) is 34.4 Å². The van der Waals surface area contributed by atoms with Crippen LogP contribution in [0.4, 0.5) is 0 Å². The Morgan fingerprint density at radius 1 is 1.33 bits per heavy atom. The van der Waals surface area contributed by atoms with Gasteiger partial charge in [0.25, 0.3) is 5.91 Å². The zero-order chi connectivity index (χ0) is 14.7. The van der Waals surface area contributed by atoms with Gasteiger partial charge in [-0.25, -0.2) is 9.78 Å². The molecule has 0 saturated heterocycles. The summed E-state index contributed by atoms with van der Waals surface area (Å²) in [5, 5.41) is 2.04. The number of ether oxygens (including phenoxy) is 1. The summed E-state index contributed by atoms with van der Waals surface area (Å²) in [6, 6.07) is 7.02. The molecule has 0 fully saturated rings. The van der Waals surface area contributed by atoms with E-state index in [1.165, 1.54) is 16.6 Å². The molecule has 0 spiro atoms. The summed E-state index contributed by atoms with van der Waals surface area (Å²) in [6.07, 6.45) is 2.38. The van der Waals surface area contributed by atoms with Gasteiger partial charge in [0.2, 0.25) is 0 Å². The zero-order valence-corrected chi connectivity index (χ0v) is 12.1. The van der Waals surface area contributed by atoms with Gasteiger partial charge in [0.15, 0.2) is 6.61 Å². The van der Waals surface area contributed by atoms with E-state index in [9.17, 15) is 9.59 Å². The molecule has 21 heavy (non-hydrogen) atoms. The number of aromatic nitrogens is 1. The molecule has 0 saturated carbocycles. The second kappa shape index (κ2) is 6.05. The lowest BCUT2D eigenvalue weighted by molar-refractivity contribution is -0.135. The summed E-state index contributed by atoms with van der Waals surface area (Å²) in [5.74, 6) is -0.742. The zero-order valence-electron chi connectivity index (χ0n) is 11.3. The summed E-state index contributed by atoms with van der Waals surface area (Å²) < 4.78 is 5.02. The van der Waals surface area contributed by atoms with Crippen LogP contribution >= 0.6 is 11.3 Å². The van der Waals surface area contributed by atoms with Gasteiger partial charge in [-0.05, 0) is 35.6 Å². The van der Waals surface area contributed by atoms with Crippen LogP contribution < -0.4 is 0 Å². The quantitative estimate of drug-likeness (QED) is 0.812. The number of pyridine rings is 1. The predicted molar refractivity (Wildman–Crippen MR) is 78.0 cm³/mol. The maximum Gasteiger partial charge on any atom is 0.357 e. The van der Waals surface area contributed by atoms with Gasteiger partial charge in [-0.3, -0.25) is 4.79 Å². The largest absolute Gasteiger partial charge is 0.451 e. The molecule has 0 N–H and O–H groups in total. The third-order valence-corrected chi connectivity index (χ3v) is 4.38. The van der Waals surface area contributed by atoms with Crippen molar-refractivity contribution < 1.29 is 14.3 Å². The van der Waals surface area contributed by atoms with Crippen LogP contribution in [-0.4, -0.2) is 34.9 Å². The fraction of sp³-hybridized carbons (Fsp3) is 0.267. The monoisotopic (exact) mass is 302 g/mol. The minimum atomic E-state index is -0.572. The number of fused-ring (bicyclic) bond motifs is 1. The molecule has 0 aromatic carbocycles. The second-order valence-corrected chi connectivity index (χ2v) is 5.73. The van der Waals surface area contributed by atoms with Crippen molar-refractivity contribution in [3.05, 3.63) is 52.0 Å². The van der Waals surface area contributed by atoms with Crippen molar-refractivity contribution in [2.75, 3.05) is 13.2 Å². The van der Waals surface area contributed by atoms with Crippen molar-refractivity contribution in [3.8, 4) is 0 Å². The van der Waals surface area contributed by atoms with Crippen molar-refractivity contribution in [3.63, 3.8) is 0 Å². The number of nitrogens with zero attached hydrogens (tertiary/aromatic N) is 2. The summed E-state index contributed by atoms with van der Waals surface area (Å²) in [5.41, 5.74) is 1.40. The molecule has 0 unspecified atom stereocenters. The Balaban J connectivity index is 1.54. The van der Waals surface area contributed by atoms with Crippen LogP contribution in [0.5, 0.6) is 0 Å². The van der Waals surface area contributed by atoms with Crippen LogP contribution in [-0.2, 0) is 22.5 Å². The lowest BCUT2D eigenvalue weighted by Crippen LogP contribution is -2.38. The van der Waals surface area contributed by atoms with E-state index in [1.807, 2.05) is 11.4 Å². The van der Waals surface area contributed by atoms with E-state index in [4.69, 9.17) is 4.74 Å². The number of thiophene rings is 1. The second-order valence-electron chi connectivity index (χ2n) is 4.73. The highest BCUT2D eigenvalue weighted by molar-refractivity contribution is 7.10. The average molecular weight is 302 g/mol. The molecule has 6 heteroatoms. The Kier molecular flexibility index (Phi) is 3.96. The highest BCUT2D eigenvalue weighted by Gasteiger charge is 2.22. The minimum absolute atomic E-state index is 0.170. The SMILES string of the molecule is O=C(OCC(=O)N1CCc2sccc2C1)c1ccccn1. The van der Waals surface area contributed by atoms with Crippen molar-refractivity contribution in [1.29, 1.82) is 0 Å². The highest BCUT2D eigenvalue weighted by Crippen LogP contribution is 2.23. The van der Waals surface area contributed by atoms with Gasteiger partial charge in [-0.15, -0.1) is 11.3 Å². The molecule has 2 aromatic rings. The molecular formula is C15H14N2O3S. The van der Waals surface area contributed by atoms with Gasteiger partial charge in [0.1, 0.15) is 5.69 Å². The van der Waals surface area contributed by atoms with Crippen LogP contribution in [0.25, 0.3) is 0 Å². The van der Waals surface area contributed by atoms with Crippen LogP contribution in [0.2, 0.25) is 0 Å². The van der Waals surface area contributed by atoms with Crippen molar-refractivity contribution in [2.24, 2.45) is 0 Å². The van der Waals surface area contributed by atoms with Gasteiger partial charge in [-0.2, -0.15) is 0 Å². The fourth-order valence-corrected chi connectivity index (χ4v) is 3.13. The number of amides is 1. The number of carbonyl (C=O) groups excluding carboxylic acids is 2. The number of hydrogen-bond acceptors (Lipinski definition) is 5. The first-order valence-electron chi connectivity index (χ1n) is 6.65. The van der Waals surface area contributed by atoms with Crippen LogP contribution in [0.3, 0.4) is 0 Å². The number of rotatable bonds is 3. The van der Waals surface area contributed by atoms with Gasteiger partial charge < -0.3 is 9.64 Å². The standard InChI is InChI=1S/C15H14N2O3S/c18-14(10-20-15(19)12-3-1-2-6-16-12)17-7-4-13-11(9-17)5-8-21-13/h1-3,5-6,8H,4,7,9-10H2. The van der Waals surface area contributed by atoms with Crippen LogP contribution in [0.1, 0.15) is 20.9 Å². The van der Waals surface area contributed by atoms with E-state index in [2.05, 4.69) is 4.98 Å². The molecule has 2 aromatic heterocycles. The number of esters is 1. The highest BCUT2D eigenvalue weighted by atomic mass is 32.1. The van der Waals surface area contributed by atoms with Crippen molar-refractivity contribution >= 4 is 23.2 Å². The molecule has 0 atom stereocenters. The molecule has 1 aliphatic rings. The minimum Gasteiger partial charge on any atom is -0.451 e. The van der Waals surface area contributed by atoms with E-state index in [0.717, 1.165) is 6.42 Å². The van der Waals surface area contributed by atoms with E-state index in [0.29, 0.717) is 13.1 Å². The first kappa shape index (κ1) is 13.8. The Bertz CT molecular complexity index is 654. The maximum absolute atomic E-state index is 12.1. The molecule has 1 aliphatic heterocycles. The summed E-state index contributed by atoms with van der Waals surface area (Å²) in [4.78, 5) is 30.8. The molecule has 3 heterocycles. The lowest BCUT2D eigenvalue weighted by atomic mass is 10.1. The summed E-state index contributed by atoms with van der Waals surface area (Å²) in [6.45, 7) is 1.03. The first-order chi connectivity index (χ1) is 10.2. The Hall–Kier alpha value is -2.21. The Morgan fingerprint density at radius 2 is 2.24 bits per heavy atom. The molecule has 108 valence electrons. The summed E-state index contributed by atoms with van der Waals surface area (Å²) in [7, 11) is 0. The number of carbonyl (C=O) groups is 2. The smallest absolute Gasteiger partial charge is 0.357 e. The first-order valence-corrected chi connectivity index (χ1v) is 7.53. The molecular weight excluding hydrogens is 288 g/mol. The Morgan fingerprint density at radius 3 is 3.05 bits per heavy atom. The maximum atomic E-state index is 12.1. The average Bonchev–Trinajstić information content (AvgIpc) is 3.00. The molecule has 5 nitrogen and oxygen atoms in total.